The fourth-order valence-electron chi connectivity index (χ4n) is 2.89. The van der Waals surface area contributed by atoms with Crippen LogP contribution in [0.5, 0.6) is 0 Å². The van der Waals surface area contributed by atoms with Gasteiger partial charge in [-0.15, -0.1) is 11.3 Å². The highest BCUT2D eigenvalue weighted by Crippen LogP contribution is 2.33. The predicted octanol–water partition coefficient (Wildman–Crippen LogP) is 4.36. The van der Waals surface area contributed by atoms with E-state index in [9.17, 15) is 4.79 Å². The summed E-state index contributed by atoms with van der Waals surface area (Å²) >= 11 is 13.7. The van der Waals surface area contributed by atoms with E-state index in [1.54, 1.807) is 11.3 Å². The standard InChI is InChI=1S/C17H17Cl2N3OS/c18-12-4-1-10(7-13(12)19)8-22-6-5-14-15(9-22)24-17(20-14)21-16(23)11-2-3-11/h1,4,7,11H,2-3,5-6,8-9H2,(H,20,21,23). The van der Waals surface area contributed by atoms with Crippen molar-refractivity contribution in [2.24, 2.45) is 5.92 Å². The number of nitrogens with zero attached hydrogens (tertiary/aromatic N) is 2. The van der Waals surface area contributed by atoms with Gasteiger partial charge in [0, 0.05) is 36.9 Å². The lowest BCUT2D eigenvalue weighted by atomic mass is 10.1. The van der Waals surface area contributed by atoms with Crippen LogP contribution in [0.15, 0.2) is 18.2 Å². The Bertz CT molecular complexity index is 788. The molecule has 1 N–H and O–H groups in total. The number of aromatic nitrogens is 1. The monoisotopic (exact) mass is 381 g/mol. The number of anilines is 1. The molecule has 126 valence electrons. The second-order valence-electron chi connectivity index (χ2n) is 6.36. The second kappa shape index (κ2) is 6.64. The predicted molar refractivity (Wildman–Crippen MR) is 97.7 cm³/mol. The van der Waals surface area contributed by atoms with E-state index in [2.05, 4.69) is 15.2 Å². The summed E-state index contributed by atoms with van der Waals surface area (Å²) < 4.78 is 0. The zero-order valence-electron chi connectivity index (χ0n) is 13.0. The molecule has 0 unspecified atom stereocenters. The maximum absolute atomic E-state index is 11.9. The molecule has 0 saturated heterocycles. The topological polar surface area (TPSA) is 45.2 Å². The molecule has 1 aromatic carbocycles. The van der Waals surface area contributed by atoms with Crippen LogP contribution in [0, 0.1) is 5.92 Å². The van der Waals surface area contributed by atoms with Crippen LogP contribution < -0.4 is 5.32 Å². The van der Waals surface area contributed by atoms with Crippen molar-refractivity contribution in [2.45, 2.75) is 32.4 Å². The van der Waals surface area contributed by atoms with E-state index in [4.69, 9.17) is 23.2 Å². The number of carbonyl (C=O) groups is 1. The van der Waals surface area contributed by atoms with Gasteiger partial charge < -0.3 is 5.32 Å². The number of halogens is 2. The number of carbonyl (C=O) groups excluding carboxylic acids is 1. The molecule has 0 spiro atoms. The highest BCUT2D eigenvalue weighted by Gasteiger charge is 2.30. The van der Waals surface area contributed by atoms with E-state index in [1.807, 2.05) is 18.2 Å². The van der Waals surface area contributed by atoms with Gasteiger partial charge in [-0.3, -0.25) is 9.69 Å². The molecule has 1 aliphatic carbocycles. The van der Waals surface area contributed by atoms with Gasteiger partial charge in [-0.2, -0.15) is 0 Å². The Balaban J connectivity index is 1.42. The molecule has 1 aliphatic heterocycles. The van der Waals surface area contributed by atoms with Crippen LogP contribution in [0.3, 0.4) is 0 Å². The van der Waals surface area contributed by atoms with Gasteiger partial charge >= 0.3 is 0 Å². The van der Waals surface area contributed by atoms with Gasteiger partial charge in [-0.25, -0.2) is 4.98 Å². The van der Waals surface area contributed by atoms with E-state index in [1.165, 1.54) is 4.88 Å². The van der Waals surface area contributed by atoms with Crippen LogP contribution in [0.4, 0.5) is 5.13 Å². The zero-order valence-corrected chi connectivity index (χ0v) is 15.3. The Hall–Kier alpha value is -1.14. The number of hydrogen-bond donors (Lipinski definition) is 1. The molecule has 2 heterocycles. The number of benzene rings is 1. The first-order chi connectivity index (χ1) is 11.6. The van der Waals surface area contributed by atoms with Crippen molar-refractivity contribution in [1.82, 2.24) is 9.88 Å². The molecule has 1 saturated carbocycles. The third-order valence-electron chi connectivity index (χ3n) is 4.38. The lowest BCUT2D eigenvalue weighted by Gasteiger charge is -2.25. The minimum absolute atomic E-state index is 0.119. The Labute approximate surface area is 154 Å². The van der Waals surface area contributed by atoms with Gasteiger partial charge in [0.15, 0.2) is 5.13 Å². The quantitative estimate of drug-likeness (QED) is 0.855. The third-order valence-corrected chi connectivity index (χ3v) is 6.12. The minimum Gasteiger partial charge on any atom is -0.302 e. The number of fused-ring (bicyclic) bond motifs is 1. The highest BCUT2D eigenvalue weighted by atomic mass is 35.5. The average Bonchev–Trinajstić information content (AvgIpc) is 3.32. The summed E-state index contributed by atoms with van der Waals surface area (Å²) in [6.45, 7) is 2.64. The van der Waals surface area contributed by atoms with Gasteiger partial charge in [0.25, 0.3) is 0 Å². The Morgan fingerprint density at radius 3 is 2.92 bits per heavy atom. The number of hydrogen-bond acceptors (Lipinski definition) is 4. The molecular weight excluding hydrogens is 365 g/mol. The first kappa shape index (κ1) is 16.3. The molecule has 1 fully saturated rings. The van der Waals surface area contributed by atoms with Crippen LogP contribution in [-0.4, -0.2) is 22.3 Å². The molecule has 0 radical (unpaired) electrons. The van der Waals surface area contributed by atoms with Crippen LogP contribution in [-0.2, 0) is 24.3 Å². The van der Waals surface area contributed by atoms with Crippen LogP contribution >= 0.6 is 34.5 Å². The summed E-state index contributed by atoms with van der Waals surface area (Å²) in [5.41, 5.74) is 2.27. The fourth-order valence-corrected chi connectivity index (χ4v) is 4.26. The molecule has 0 atom stereocenters. The summed E-state index contributed by atoms with van der Waals surface area (Å²) in [7, 11) is 0. The minimum atomic E-state index is 0.119. The second-order valence-corrected chi connectivity index (χ2v) is 8.26. The van der Waals surface area contributed by atoms with E-state index in [-0.39, 0.29) is 11.8 Å². The molecule has 1 amide bonds. The van der Waals surface area contributed by atoms with Crippen molar-refractivity contribution in [2.75, 3.05) is 11.9 Å². The Morgan fingerprint density at radius 2 is 2.17 bits per heavy atom. The van der Waals surface area contributed by atoms with Gasteiger partial charge in [-0.1, -0.05) is 29.3 Å². The van der Waals surface area contributed by atoms with Gasteiger partial charge in [0.1, 0.15) is 0 Å². The van der Waals surface area contributed by atoms with E-state index >= 15 is 0 Å². The molecule has 0 bridgehead atoms. The molecule has 4 rings (SSSR count). The number of thiazole rings is 1. The summed E-state index contributed by atoms with van der Waals surface area (Å²) in [4.78, 5) is 20.1. The molecule has 2 aromatic rings. The number of nitrogens with one attached hydrogen (secondary N) is 1. The Kier molecular flexibility index (Phi) is 4.52. The SMILES string of the molecule is O=C(Nc1nc2c(s1)CN(Cc1ccc(Cl)c(Cl)c1)CC2)C1CC1. The van der Waals surface area contributed by atoms with Crippen molar-refractivity contribution in [3.8, 4) is 0 Å². The molecular formula is C17H17Cl2N3OS. The van der Waals surface area contributed by atoms with Crippen molar-refractivity contribution >= 4 is 45.6 Å². The van der Waals surface area contributed by atoms with Crippen LogP contribution in [0.25, 0.3) is 0 Å². The van der Waals surface area contributed by atoms with Crippen molar-refractivity contribution in [1.29, 1.82) is 0 Å². The van der Waals surface area contributed by atoms with E-state index < -0.39 is 0 Å². The van der Waals surface area contributed by atoms with Gasteiger partial charge in [-0.05, 0) is 30.5 Å². The summed E-state index contributed by atoms with van der Waals surface area (Å²) in [6.07, 6.45) is 2.93. The molecule has 4 nitrogen and oxygen atoms in total. The van der Waals surface area contributed by atoms with E-state index in [0.29, 0.717) is 10.0 Å². The molecule has 2 aliphatic rings. The lowest BCUT2D eigenvalue weighted by molar-refractivity contribution is -0.117. The summed E-state index contributed by atoms with van der Waals surface area (Å²) in [5.74, 6) is 0.325. The smallest absolute Gasteiger partial charge is 0.229 e. The third kappa shape index (κ3) is 3.59. The number of amides is 1. The van der Waals surface area contributed by atoms with Crippen molar-refractivity contribution in [3.05, 3.63) is 44.4 Å². The normalized spacial score (nSPS) is 17.6. The maximum Gasteiger partial charge on any atom is 0.229 e. The summed E-state index contributed by atoms with van der Waals surface area (Å²) in [6, 6.07) is 5.78. The molecule has 24 heavy (non-hydrogen) atoms. The van der Waals surface area contributed by atoms with Gasteiger partial charge in [0.2, 0.25) is 5.91 Å². The van der Waals surface area contributed by atoms with Crippen LogP contribution in [0.1, 0.15) is 29.0 Å². The number of rotatable bonds is 4. The Morgan fingerprint density at radius 1 is 1.33 bits per heavy atom. The lowest BCUT2D eigenvalue weighted by Crippen LogP contribution is -2.29. The summed E-state index contributed by atoms with van der Waals surface area (Å²) in [5, 5.41) is 4.88. The largest absolute Gasteiger partial charge is 0.302 e. The maximum atomic E-state index is 11.9. The van der Waals surface area contributed by atoms with Crippen molar-refractivity contribution in [3.63, 3.8) is 0 Å². The zero-order chi connectivity index (χ0) is 16.7. The van der Waals surface area contributed by atoms with Crippen molar-refractivity contribution < 1.29 is 4.79 Å². The fraction of sp³-hybridized carbons (Fsp3) is 0.412. The first-order valence-electron chi connectivity index (χ1n) is 8.04. The molecule has 7 heteroatoms. The molecule has 1 aromatic heterocycles. The van der Waals surface area contributed by atoms with Gasteiger partial charge in [0.05, 0.1) is 15.7 Å². The van der Waals surface area contributed by atoms with Crippen LogP contribution in [0.2, 0.25) is 10.0 Å². The first-order valence-corrected chi connectivity index (χ1v) is 9.61. The average molecular weight is 382 g/mol. The highest BCUT2D eigenvalue weighted by molar-refractivity contribution is 7.15. The van der Waals surface area contributed by atoms with E-state index in [0.717, 1.165) is 55.3 Å².